The van der Waals surface area contributed by atoms with Gasteiger partial charge in [0.15, 0.2) is 5.78 Å². The zero-order chi connectivity index (χ0) is 23.6. The van der Waals surface area contributed by atoms with Gasteiger partial charge in [-0.3, -0.25) is 9.48 Å². The van der Waals surface area contributed by atoms with Crippen LogP contribution in [0.15, 0.2) is 12.4 Å². The molecule has 0 unspecified atom stereocenters. The molecule has 0 radical (unpaired) electrons. The number of hydrogen-bond donors (Lipinski definition) is 1. The molecule has 0 amide bonds. The van der Waals surface area contributed by atoms with Crippen LogP contribution >= 0.6 is 0 Å². The fraction of sp³-hybridized carbons (Fsp3) is 0.800. The standard InChI is InChI=1S/C25H35N3O2/c1-24(30)9-7-18-17(11-24)3-4-20-19(18)8-10-25(2)21(20)5-6-22(25)23(29)15-28-14-16(12-26)13-27-28/h13-14,17-22,30H,3-11,15H2,1-2H3/t17-,18+,19-,20-,21+,22-,24-,25+/m1/s1/i1D3. The number of aliphatic hydroxyl groups is 1. The number of fused-ring (bicyclic) bond motifs is 5. The Morgan fingerprint density at radius 1 is 1.27 bits per heavy atom. The molecular formula is C25H35N3O2. The van der Waals surface area contributed by atoms with Crippen LogP contribution in [0.25, 0.3) is 0 Å². The Balaban J connectivity index is 1.29. The zero-order valence-electron chi connectivity index (χ0n) is 20.9. The minimum Gasteiger partial charge on any atom is -0.390 e. The molecule has 5 nitrogen and oxygen atoms in total. The van der Waals surface area contributed by atoms with E-state index in [0.717, 1.165) is 44.9 Å². The number of nitrogens with zero attached hydrogens (tertiary/aromatic N) is 3. The van der Waals surface area contributed by atoms with Crippen molar-refractivity contribution in [2.75, 3.05) is 0 Å². The molecule has 1 heterocycles. The molecule has 4 aliphatic rings. The fourth-order valence-corrected chi connectivity index (χ4v) is 8.18. The van der Waals surface area contributed by atoms with Crippen LogP contribution in [0, 0.1) is 52.3 Å². The molecule has 4 fully saturated rings. The Kier molecular flexibility index (Phi) is 4.06. The van der Waals surface area contributed by atoms with E-state index in [1.54, 1.807) is 10.9 Å². The highest BCUT2D eigenvalue weighted by Gasteiger charge is 2.58. The van der Waals surface area contributed by atoms with E-state index in [9.17, 15) is 9.90 Å². The predicted molar refractivity (Wildman–Crippen MR) is 113 cm³/mol. The molecule has 0 spiro atoms. The average molecular weight is 413 g/mol. The maximum atomic E-state index is 13.3. The maximum Gasteiger partial charge on any atom is 0.157 e. The van der Waals surface area contributed by atoms with Crippen LogP contribution < -0.4 is 0 Å². The molecule has 1 aromatic heterocycles. The molecule has 0 bridgehead atoms. The van der Waals surface area contributed by atoms with Crippen LogP contribution in [-0.2, 0) is 11.3 Å². The quantitative estimate of drug-likeness (QED) is 0.801. The van der Waals surface area contributed by atoms with Gasteiger partial charge in [-0.1, -0.05) is 6.92 Å². The first-order chi connectivity index (χ1) is 15.6. The fourth-order valence-electron chi connectivity index (χ4n) is 8.18. The van der Waals surface area contributed by atoms with Crippen molar-refractivity contribution < 1.29 is 14.0 Å². The summed E-state index contributed by atoms with van der Waals surface area (Å²) in [4.78, 5) is 13.3. The third-order valence-corrected chi connectivity index (χ3v) is 9.48. The topological polar surface area (TPSA) is 78.9 Å². The van der Waals surface area contributed by atoms with E-state index in [1.165, 1.54) is 6.20 Å². The van der Waals surface area contributed by atoms with Gasteiger partial charge < -0.3 is 5.11 Å². The Labute approximate surface area is 184 Å². The third-order valence-electron chi connectivity index (χ3n) is 9.48. The summed E-state index contributed by atoms with van der Waals surface area (Å²) in [5.74, 6) is 2.85. The summed E-state index contributed by atoms with van der Waals surface area (Å²) in [7, 11) is 0. The van der Waals surface area contributed by atoms with Crippen molar-refractivity contribution in [3.05, 3.63) is 18.0 Å². The molecule has 30 heavy (non-hydrogen) atoms. The molecule has 1 N–H and O–H groups in total. The summed E-state index contributed by atoms with van der Waals surface area (Å²) in [5, 5.41) is 24.0. The SMILES string of the molecule is [2H]C([2H])([2H])[C@@]1(O)CC[C@H]2[C@H](CC[C@@H]3[C@@H]2CC[C@]2(C)[C@@H](C(=O)Cn4cc(C#N)cn4)CC[C@@H]32)C1. The van der Waals surface area contributed by atoms with Crippen molar-refractivity contribution in [2.24, 2.45) is 40.9 Å². The van der Waals surface area contributed by atoms with E-state index in [0.29, 0.717) is 48.0 Å². The van der Waals surface area contributed by atoms with Crippen LogP contribution in [0.3, 0.4) is 0 Å². The molecule has 5 rings (SSSR count). The Morgan fingerprint density at radius 3 is 2.87 bits per heavy atom. The first kappa shape index (κ1) is 17.0. The average Bonchev–Trinajstić information content (AvgIpc) is 3.36. The van der Waals surface area contributed by atoms with Crippen molar-refractivity contribution in [3.63, 3.8) is 0 Å². The van der Waals surface area contributed by atoms with E-state index >= 15 is 0 Å². The third kappa shape index (κ3) is 3.23. The molecule has 4 saturated carbocycles. The van der Waals surface area contributed by atoms with Crippen LogP contribution in [-0.4, -0.2) is 26.3 Å². The molecule has 5 heteroatoms. The highest BCUT2D eigenvalue weighted by atomic mass is 16.3. The lowest BCUT2D eigenvalue weighted by Crippen LogP contribution is -2.51. The highest BCUT2D eigenvalue weighted by molar-refractivity contribution is 5.82. The molecule has 8 atom stereocenters. The lowest BCUT2D eigenvalue weighted by atomic mass is 9.49. The lowest BCUT2D eigenvalue weighted by molar-refractivity contribution is -0.133. The van der Waals surface area contributed by atoms with Crippen molar-refractivity contribution in [1.82, 2.24) is 9.78 Å². The van der Waals surface area contributed by atoms with E-state index in [1.807, 2.05) is 0 Å². The zero-order valence-corrected chi connectivity index (χ0v) is 17.9. The number of hydrogen-bond acceptors (Lipinski definition) is 4. The van der Waals surface area contributed by atoms with Gasteiger partial charge in [0.25, 0.3) is 0 Å². The first-order valence-electron chi connectivity index (χ1n) is 13.2. The summed E-state index contributed by atoms with van der Waals surface area (Å²) in [6, 6.07) is 2.07. The minimum absolute atomic E-state index is 0.0182. The Bertz CT molecular complexity index is 969. The second kappa shape index (κ2) is 7.19. The van der Waals surface area contributed by atoms with Gasteiger partial charge in [0.2, 0.25) is 0 Å². The monoisotopic (exact) mass is 412 g/mol. The molecule has 0 aromatic carbocycles. The van der Waals surface area contributed by atoms with Crippen LogP contribution in [0.2, 0.25) is 0 Å². The Morgan fingerprint density at radius 2 is 2.10 bits per heavy atom. The number of nitriles is 1. The second-order valence-electron chi connectivity index (χ2n) is 10.9. The van der Waals surface area contributed by atoms with Crippen molar-refractivity contribution in [1.29, 1.82) is 5.26 Å². The second-order valence-corrected chi connectivity index (χ2v) is 10.9. The summed E-state index contributed by atoms with van der Waals surface area (Å²) < 4.78 is 25.1. The Hall–Kier alpha value is -1.67. The van der Waals surface area contributed by atoms with E-state index in [4.69, 9.17) is 9.37 Å². The largest absolute Gasteiger partial charge is 0.390 e. The minimum atomic E-state index is -2.30. The number of aromatic nitrogens is 2. The number of carbonyl (C=O) groups is 1. The molecule has 4 aliphatic carbocycles. The van der Waals surface area contributed by atoms with Gasteiger partial charge in [0, 0.05) is 16.2 Å². The van der Waals surface area contributed by atoms with Gasteiger partial charge in [-0.25, -0.2) is 0 Å². The summed E-state index contributed by atoms with van der Waals surface area (Å²) in [6.07, 6.45) is 11.0. The summed E-state index contributed by atoms with van der Waals surface area (Å²) in [6.45, 7) is 0.260. The van der Waals surface area contributed by atoms with Crippen LogP contribution in [0.1, 0.15) is 81.2 Å². The van der Waals surface area contributed by atoms with E-state index in [2.05, 4.69) is 18.1 Å². The molecule has 0 aliphatic heterocycles. The van der Waals surface area contributed by atoms with Gasteiger partial charge in [-0.2, -0.15) is 10.4 Å². The number of rotatable bonds is 3. The number of carbonyl (C=O) groups excluding carboxylic acids is 1. The summed E-state index contributed by atoms with van der Waals surface area (Å²) >= 11 is 0. The molecular weight excluding hydrogens is 374 g/mol. The van der Waals surface area contributed by atoms with Crippen LogP contribution in [0.5, 0.6) is 0 Å². The van der Waals surface area contributed by atoms with Crippen molar-refractivity contribution in [2.45, 2.75) is 83.7 Å². The highest BCUT2D eigenvalue weighted by Crippen LogP contribution is 2.64. The van der Waals surface area contributed by atoms with Gasteiger partial charge in [-0.15, -0.1) is 0 Å². The van der Waals surface area contributed by atoms with Crippen molar-refractivity contribution >= 4 is 5.78 Å². The predicted octanol–water partition coefficient (Wildman–Crippen LogP) is 4.34. The number of Topliss-reactive ketones (excluding diaryl/α,β-unsaturated/α-hetero) is 1. The molecule has 1 aromatic rings. The number of ketones is 1. The maximum absolute atomic E-state index is 13.3. The van der Waals surface area contributed by atoms with Gasteiger partial charge >= 0.3 is 0 Å². The molecule has 162 valence electrons. The molecule has 0 saturated heterocycles. The van der Waals surface area contributed by atoms with Crippen molar-refractivity contribution in [3.8, 4) is 6.07 Å². The van der Waals surface area contributed by atoms with Gasteiger partial charge in [0.1, 0.15) is 6.07 Å². The van der Waals surface area contributed by atoms with Gasteiger partial charge in [0.05, 0.1) is 23.9 Å². The lowest BCUT2D eigenvalue weighted by Gasteiger charge is -2.56. The smallest absolute Gasteiger partial charge is 0.157 e. The normalized spacial score (nSPS) is 47.0. The van der Waals surface area contributed by atoms with Gasteiger partial charge in [-0.05, 0) is 99.6 Å². The first-order valence-corrected chi connectivity index (χ1v) is 11.7. The van der Waals surface area contributed by atoms with Crippen LogP contribution in [0.4, 0.5) is 0 Å². The van der Waals surface area contributed by atoms with E-state index < -0.39 is 12.5 Å². The van der Waals surface area contributed by atoms with E-state index in [-0.39, 0.29) is 23.7 Å². The summed E-state index contributed by atoms with van der Waals surface area (Å²) in [5.41, 5.74) is -1.02.